The van der Waals surface area contributed by atoms with E-state index in [1.165, 1.54) is 14.0 Å². The van der Waals surface area contributed by atoms with Gasteiger partial charge in [-0.1, -0.05) is 0 Å². The number of alkyl carbamates (subject to hydrolysis) is 2. The summed E-state index contributed by atoms with van der Waals surface area (Å²) in [5.74, 6) is 0. The van der Waals surface area contributed by atoms with Crippen molar-refractivity contribution < 1.29 is 53.4 Å². The Balaban J connectivity index is 2.23. The molecule has 40 heavy (non-hydrogen) atoms. The van der Waals surface area contributed by atoms with E-state index >= 15 is 0 Å². The summed E-state index contributed by atoms with van der Waals surface area (Å²) in [7, 11) is 1.38. The molecule has 2 rings (SSSR count). The van der Waals surface area contributed by atoms with Crippen molar-refractivity contribution in [3.63, 3.8) is 0 Å². The normalized spacial score (nSPS) is 33.0. The minimum absolute atomic E-state index is 0.0483. The van der Waals surface area contributed by atoms with Crippen LogP contribution in [0, 0.1) is 0 Å². The van der Waals surface area contributed by atoms with Gasteiger partial charge in [-0.25, -0.2) is 14.4 Å². The summed E-state index contributed by atoms with van der Waals surface area (Å²) in [6.45, 7) is 13.1. The summed E-state index contributed by atoms with van der Waals surface area (Å²) in [4.78, 5) is 38.5. The first-order valence-electron chi connectivity index (χ1n) is 13.5. The van der Waals surface area contributed by atoms with Crippen molar-refractivity contribution in [3.8, 4) is 0 Å². The quantitative estimate of drug-likeness (QED) is 0.286. The SMILES string of the molecule is CCOC(=O)N[C@@H]1C[C@H](NC(=O)OC(C)(C)C)C[C@H](O)[C@H]1O[C@H]1OC[C@](C)(O)[C@H](N(C)C(=O)OC(C)(C)C)[C@H]1O. The minimum Gasteiger partial charge on any atom is -0.450 e. The first-order valence-corrected chi connectivity index (χ1v) is 13.5. The van der Waals surface area contributed by atoms with Crippen LogP contribution in [-0.4, -0.2) is 118 Å². The summed E-state index contributed by atoms with van der Waals surface area (Å²) in [6, 6.07) is -2.65. The molecule has 3 amide bonds. The molecule has 14 nitrogen and oxygen atoms in total. The fourth-order valence-corrected chi connectivity index (χ4v) is 4.79. The number of aliphatic hydroxyl groups is 3. The van der Waals surface area contributed by atoms with Gasteiger partial charge in [-0.3, -0.25) is 0 Å². The predicted molar refractivity (Wildman–Crippen MR) is 141 cm³/mol. The second-order valence-corrected chi connectivity index (χ2v) is 12.5. The van der Waals surface area contributed by atoms with E-state index < -0.39 is 77.8 Å². The van der Waals surface area contributed by atoms with Gasteiger partial charge in [0.2, 0.25) is 0 Å². The molecule has 0 bridgehead atoms. The third-order valence-electron chi connectivity index (χ3n) is 6.31. The molecule has 0 aromatic heterocycles. The molecule has 0 aromatic rings. The number of amides is 3. The number of hydrogen-bond donors (Lipinski definition) is 5. The van der Waals surface area contributed by atoms with Gasteiger partial charge in [-0.05, 0) is 68.2 Å². The molecule has 1 saturated carbocycles. The van der Waals surface area contributed by atoms with Crippen molar-refractivity contribution in [2.24, 2.45) is 0 Å². The fourth-order valence-electron chi connectivity index (χ4n) is 4.79. The largest absolute Gasteiger partial charge is 0.450 e. The number of carbonyl (C=O) groups is 3. The summed E-state index contributed by atoms with van der Waals surface area (Å²) < 4.78 is 27.3. The number of nitrogens with zero attached hydrogens (tertiary/aromatic N) is 1. The maximum Gasteiger partial charge on any atom is 0.410 e. The van der Waals surface area contributed by atoms with Gasteiger partial charge in [0, 0.05) is 13.1 Å². The molecule has 0 spiro atoms. The smallest absolute Gasteiger partial charge is 0.410 e. The van der Waals surface area contributed by atoms with E-state index in [0.717, 1.165) is 4.90 Å². The molecule has 14 heteroatoms. The van der Waals surface area contributed by atoms with Gasteiger partial charge in [0.25, 0.3) is 0 Å². The number of ether oxygens (including phenoxy) is 5. The highest BCUT2D eigenvalue weighted by atomic mass is 16.7. The van der Waals surface area contributed by atoms with Gasteiger partial charge < -0.3 is 54.5 Å². The maximum absolute atomic E-state index is 12.7. The molecule has 1 aliphatic carbocycles. The van der Waals surface area contributed by atoms with Crippen LogP contribution in [-0.2, 0) is 23.7 Å². The van der Waals surface area contributed by atoms with E-state index in [9.17, 15) is 29.7 Å². The van der Waals surface area contributed by atoms with Crippen molar-refractivity contribution in [2.75, 3.05) is 20.3 Å². The van der Waals surface area contributed by atoms with Crippen molar-refractivity contribution in [1.82, 2.24) is 15.5 Å². The average molecular weight is 578 g/mol. The molecule has 8 atom stereocenters. The molecule has 0 unspecified atom stereocenters. The van der Waals surface area contributed by atoms with E-state index in [4.69, 9.17) is 23.7 Å². The van der Waals surface area contributed by atoms with E-state index in [0.29, 0.717) is 0 Å². The van der Waals surface area contributed by atoms with Crippen LogP contribution in [0.5, 0.6) is 0 Å². The predicted octanol–water partition coefficient (Wildman–Crippen LogP) is 1.24. The number of aliphatic hydroxyl groups excluding tert-OH is 2. The molecule has 2 aliphatic rings. The van der Waals surface area contributed by atoms with Gasteiger partial charge in [0.1, 0.15) is 29.0 Å². The van der Waals surface area contributed by atoms with Gasteiger partial charge >= 0.3 is 18.3 Å². The van der Waals surface area contributed by atoms with Gasteiger partial charge in [0.05, 0.1) is 31.4 Å². The lowest BCUT2D eigenvalue weighted by molar-refractivity contribution is -0.301. The molecule has 1 heterocycles. The topological polar surface area (TPSA) is 185 Å². The molecular formula is C26H47N3O11. The van der Waals surface area contributed by atoms with Crippen molar-refractivity contribution in [2.45, 2.75) is 128 Å². The lowest BCUT2D eigenvalue weighted by Crippen LogP contribution is -2.68. The third kappa shape index (κ3) is 9.61. The number of likely N-dealkylation sites (N-methyl/N-ethyl adjacent to an activating group) is 1. The van der Waals surface area contributed by atoms with E-state index in [2.05, 4.69) is 10.6 Å². The highest BCUT2D eigenvalue weighted by Crippen LogP contribution is 2.32. The van der Waals surface area contributed by atoms with Gasteiger partial charge in [-0.2, -0.15) is 0 Å². The number of carbonyl (C=O) groups excluding carboxylic acids is 3. The van der Waals surface area contributed by atoms with E-state index in [1.54, 1.807) is 48.5 Å². The van der Waals surface area contributed by atoms with Crippen molar-refractivity contribution >= 4 is 18.3 Å². The van der Waals surface area contributed by atoms with Crippen LogP contribution >= 0.6 is 0 Å². The summed E-state index contributed by atoms with van der Waals surface area (Å²) in [6.07, 6.45) is -7.30. The van der Waals surface area contributed by atoms with Crippen LogP contribution in [0.15, 0.2) is 0 Å². The minimum atomic E-state index is -1.67. The molecule has 1 saturated heterocycles. The Labute approximate surface area is 235 Å². The van der Waals surface area contributed by atoms with Crippen LogP contribution in [0.25, 0.3) is 0 Å². The fraction of sp³-hybridized carbons (Fsp3) is 0.885. The average Bonchev–Trinajstić information content (AvgIpc) is 2.74. The number of nitrogens with one attached hydrogen (secondary N) is 2. The zero-order chi connectivity index (χ0) is 30.6. The second-order valence-electron chi connectivity index (χ2n) is 12.5. The highest BCUT2D eigenvalue weighted by Gasteiger charge is 2.52. The number of hydrogen-bond acceptors (Lipinski definition) is 11. The van der Waals surface area contributed by atoms with Crippen LogP contribution in [0.3, 0.4) is 0 Å². The second kappa shape index (κ2) is 13.1. The first-order chi connectivity index (χ1) is 18.2. The summed E-state index contributed by atoms with van der Waals surface area (Å²) in [5.41, 5.74) is -3.21. The Morgan fingerprint density at radius 3 is 2.15 bits per heavy atom. The molecule has 232 valence electrons. The monoisotopic (exact) mass is 577 g/mol. The van der Waals surface area contributed by atoms with Crippen molar-refractivity contribution in [3.05, 3.63) is 0 Å². The standard InChI is InChI=1S/C26H47N3O11/c1-10-36-21(32)28-15-11-14(27-22(33)39-24(2,3)4)12-16(30)18(15)38-20-17(31)19(26(8,35)13-37-20)29(9)23(34)40-25(5,6)7/h14-20,30-31,35H,10-13H2,1-9H3,(H,27,33)(H,28,32)/t14-,15+,16-,17+,18-,19+,20+,26-/m0/s1. The lowest BCUT2D eigenvalue weighted by atomic mass is 9.85. The molecule has 1 aliphatic heterocycles. The summed E-state index contributed by atoms with van der Waals surface area (Å²) >= 11 is 0. The Morgan fingerprint density at radius 1 is 1.00 bits per heavy atom. The molecule has 0 radical (unpaired) electrons. The van der Waals surface area contributed by atoms with Gasteiger partial charge in [-0.15, -0.1) is 0 Å². The lowest BCUT2D eigenvalue weighted by Gasteiger charge is -2.49. The van der Waals surface area contributed by atoms with Crippen LogP contribution in [0.4, 0.5) is 14.4 Å². The van der Waals surface area contributed by atoms with E-state index in [1.807, 2.05) is 0 Å². The third-order valence-corrected chi connectivity index (χ3v) is 6.31. The Kier molecular flexibility index (Phi) is 11.0. The molecule has 5 N–H and O–H groups in total. The highest BCUT2D eigenvalue weighted by molar-refractivity contribution is 5.69. The van der Waals surface area contributed by atoms with E-state index in [-0.39, 0.29) is 26.1 Å². The Morgan fingerprint density at radius 2 is 1.60 bits per heavy atom. The molecule has 0 aromatic carbocycles. The first kappa shape index (κ1) is 33.8. The van der Waals surface area contributed by atoms with Crippen LogP contribution < -0.4 is 10.6 Å². The van der Waals surface area contributed by atoms with Gasteiger partial charge in [0.15, 0.2) is 6.29 Å². The molecule has 2 fully saturated rings. The van der Waals surface area contributed by atoms with Crippen LogP contribution in [0.1, 0.15) is 68.2 Å². The van der Waals surface area contributed by atoms with Crippen LogP contribution in [0.2, 0.25) is 0 Å². The maximum atomic E-state index is 12.7. The van der Waals surface area contributed by atoms with Crippen molar-refractivity contribution in [1.29, 1.82) is 0 Å². The Hall–Kier alpha value is -2.39. The molecular weight excluding hydrogens is 530 g/mol. The Bertz CT molecular complexity index is 886. The zero-order valence-corrected chi connectivity index (χ0v) is 24.9. The number of rotatable bonds is 6. The summed E-state index contributed by atoms with van der Waals surface area (Å²) in [5, 5.41) is 38.5. The zero-order valence-electron chi connectivity index (χ0n) is 24.9.